The lowest BCUT2D eigenvalue weighted by Crippen LogP contribution is -2.51. The number of anilines is 1. The van der Waals surface area contributed by atoms with Crippen molar-refractivity contribution in [2.75, 3.05) is 24.6 Å². The van der Waals surface area contributed by atoms with Crippen LogP contribution in [0.3, 0.4) is 0 Å². The SMILES string of the molecule is CC1OCC2(CCN(c3nc(S(N)(=O)=O)c(-c4cccc(Cl)c4Cl)c4nnc(CO)n34)CC2)C1N. The fourth-order valence-corrected chi connectivity index (χ4v) is 6.15. The molecule has 0 radical (unpaired) electrons. The first-order chi connectivity index (χ1) is 16.6. The number of benzene rings is 1. The van der Waals surface area contributed by atoms with Gasteiger partial charge in [-0.2, -0.15) is 4.98 Å². The number of hydrogen-bond donors (Lipinski definition) is 3. The molecule has 2 unspecified atom stereocenters. The molecule has 0 amide bonds. The average Bonchev–Trinajstić information content (AvgIpc) is 3.37. The lowest BCUT2D eigenvalue weighted by molar-refractivity contribution is 0.0973. The van der Waals surface area contributed by atoms with E-state index in [-0.39, 0.29) is 56.2 Å². The Morgan fingerprint density at radius 2 is 1.97 bits per heavy atom. The van der Waals surface area contributed by atoms with Crippen molar-refractivity contribution in [3.05, 3.63) is 34.1 Å². The van der Waals surface area contributed by atoms with E-state index in [9.17, 15) is 13.5 Å². The number of nitrogens with two attached hydrogens (primary N) is 2. The van der Waals surface area contributed by atoms with Gasteiger partial charge in [-0.1, -0.05) is 35.3 Å². The largest absolute Gasteiger partial charge is 0.388 e. The topological polar surface area (TPSA) is 162 Å². The lowest BCUT2D eigenvalue weighted by Gasteiger charge is -2.41. The summed E-state index contributed by atoms with van der Waals surface area (Å²) in [4.78, 5) is 6.42. The van der Waals surface area contributed by atoms with Gasteiger partial charge in [0.05, 0.1) is 28.3 Å². The monoisotopic (exact) mass is 541 g/mol. The summed E-state index contributed by atoms with van der Waals surface area (Å²) in [6.07, 6.45) is 1.43. The minimum Gasteiger partial charge on any atom is -0.388 e. The van der Waals surface area contributed by atoms with Crippen LogP contribution >= 0.6 is 23.2 Å². The number of primary sulfonamides is 1. The molecule has 2 atom stereocenters. The summed E-state index contributed by atoms with van der Waals surface area (Å²) in [7, 11) is -4.32. The normalized spacial score (nSPS) is 22.4. The van der Waals surface area contributed by atoms with Crippen LogP contribution in [-0.2, 0) is 21.4 Å². The van der Waals surface area contributed by atoms with Crippen LogP contribution in [-0.4, -0.2) is 64.9 Å². The van der Waals surface area contributed by atoms with Crippen molar-refractivity contribution in [2.24, 2.45) is 16.3 Å². The molecule has 4 heterocycles. The fourth-order valence-electron chi connectivity index (χ4n) is 5.06. The lowest BCUT2D eigenvalue weighted by atomic mass is 9.73. The number of aliphatic hydroxyl groups excluding tert-OH is 1. The van der Waals surface area contributed by atoms with Crippen LogP contribution in [0.1, 0.15) is 25.6 Å². The molecule has 2 fully saturated rings. The third kappa shape index (κ3) is 3.97. The molecule has 1 aromatic carbocycles. The third-order valence-corrected chi connectivity index (χ3v) is 8.74. The second-order valence-electron chi connectivity index (χ2n) is 9.06. The van der Waals surface area contributed by atoms with Crippen molar-refractivity contribution >= 4 is 44.8 Å². The van der Waals surface area contributed by atoms with E-state index in [2.05, 4.69) is 15.2 Å². The van der Waals surface area contributed by atoms with Crippen molar-refractivity contribution in [3.63, 3.8) is 0 Å². The van der Waals surface area contributed by atoms with E-state index in [4.69, 9.17) is 38.8 Å². The van der Waals surface area contributed by atoms with Crippen LogP contribution in [0.15, 0.2) is 23.2 Å². The Morgan fingerprint density at radius 3 is 2.57 bits per heavy atom. The molecule has 5 N–H and O–H groups in total. The first-order valence-electron chi connectivity index (χ1n) is 11.1. The van der Waals surface area contributed by atoms with Crippen LogP contribution in [0.2, 0.25) is 10.0 Å². The molecule has 0 saturated carbocycles. The maximum absolute atomic E-state index is 12.7. The first kappa shape index (κ1) is 24.6. The molecule has 5 rings (SSSR count). The van der Waals surface area contributed by atoms with Gasteiger partial charge in [-0.15, -0.1) is 10.2 Å². The van der Waals surface area contributed by atoms with E-state index >= 15 is 0 Å². The number of aromatic nitrogens is 4. The van der Waals surface area contributed by atoms with E-state index in [1.54, 1.807) is 18.2 Å². The second kappa shape index (κ2) is 8.80. The van der Waals surface area contributed by atoms with Crippen molar-refractivity contribution in [2.45, 2.75) is 43.5 Å². The summed E-state index contributed by atoms with van der Waals surface area (Å²) in [6.45, 7) is 3.18. The second-order valence-corrected chi connectivity index (χ2v) is 11.3. The molecule has 14 heteroatoms. The van der Waals surface area contributed by atoms with Crippen LogP contribution < -0.4 is 15.8 Å². The van der Waals surface area contributed by atoms with E-state index in [1.165, 1.54) is 4.40 Å². The minimum absolute atomic E-state index is 0.0269. The molecular weight excluding hydrogens is 517 g/mol. The highest BCUT2D eigenvalue weighted by molar-refractivity contribution is 7.89. The number of sulfonamides is 1. The van der Waals surface area contributed by atoms with Gasteiger partial charge >= 0.3 is 0 Å². The maximum Gasteiger partial charge on any atom is 0.256 e. The number of halogens is 2. The summed E-state index contributed by atoms with van der Waals surface area (Å²) >= 11 is 12.6. The molecule has 1 spiro atoms. The Balaban J connectivity index is 1.69. The highest BCUT2D eigenvalue weighted by atomic mass is 35.5. The molecule has 11 nitrogen and oxygen atoms in total. The van der Waals surface area contributed by atoms with Gasteiger partial charge in [0, 0.05) is 30.1 Å². The Labute approximate surface area is 212 Å². The first-order valence-corrected chi connectivity index (χ1v) is 13.4. The maximum atomic E-state index is 12.7. The third-order valence-electron chi connectivity index (χ3n) is 7.09. The number of piperidine rings is 1. The summed E-state index contributed by atoms with van der Waals surface area (Å²) in [5.41, 5.74) is 6.78. The zero-order valence-corrected chi connectivity index (χ0v) is 21.2. The molecule has 0 aliphatic carbocycles. The molecule has 2 saturated heterocycles. The smallest absolute Gasteiger partial charge is 0.256 e. The fraction of sp³-hybridized carbons (Fsp3) is 0.476. The molecule has 0 bridgehead atoms. The van der Waals surface area contributed by atoms with Gasteiger partial charge in [-0.25, -0.2) is 18.0 Å². The Bertz CT molecular complexity index is 1410. The van der Waals surface area contributed by atoms with Gasteiger partial charge in [-0.05, 0) is 25.8 Å². The summed E-state index contributed by atoms with van der Waals surface area (Å²) in [6, 6.07) is 4.71. The number of fused-ring (bicyclic) bond motifs is 1. The number of nitrogens with zero attached hydrogens (tertiary/aromatic N) is 5. The highest BCUT2D eigenvalue weighted by Gasteiger charge is 2.48. The molecule has 2 aliphatic heterocycles. The van der Waals surface area contributed by atoms with E-state index < -0.39 is 21.7 Å². The number of ether oxygens (including phenoxy) is 1. The van der Waals surface area contributed by atoms with E-state index in [1.807, 2.05) is 11.8 Å². The summed E-state index contributed by atoms with van der Waals surface area (Å²) < 4.78 is 32.8. The van der Waals surface area contributed by atoms with Gasteiger partial charge in [0.15, 0.2) is 16.5 Å². The molecule has 3 aromatic rings. The zero-order valence-electron chi connectivity index (χ0n) is 18.9. The number of hydrogen-bond acceptors (Lipinski definition) is 9. The Hall–Kier alpha value is -2.06. The molecule has 2 aromatic heterocycles. The van der Waals surface area contributed by atoms with Crippen molar-refractivity contribution in [1.29, 1.82) is 0 Å². The van der Waals surface area contributed by atoms with Crippen molar-refractivity contribution in [1.82, 2.24) is 19.6 Å². The predicted molar refractivity (Wildman–Crippen MR) is 131 cm³/mol. The van der Waals surface area contributed by atoms with Crippen molar-refractivity contribution in [3.8, 4) is 11.1 Å². The quantitative estimate of drug-likeness (QED) is 0.416. The van der Waals surface area contributed by atoms with Crippen LogP contribution in [0.5, 0.6) is 0 Å². The molecular formula is C21H25Cl2N7O4S. The summed E-state index contributed by atoms with van der Waals surface area (Å²) in [5.74, 6) is 0.452. The van der Waals surface area contributed by atoms with Gasteiger partial charge in [0.25, 0.3) is 10.0 Å². The Kier molecular flexibility index (Phi) is 6.19. The zero-order chi connectivity index (χ0) is 25.1. The van der Waals surface area contributed by atoms with Crippen LogP contribution in [0.4, 0.5) is 5.95 Å². The predicted octanol–water partition coefficient (Wildman–Crippen LogP) is 1.57. The Morgan fingerprint density at radius 1 is 1.26 bits per heavy atom. The van der Waals surface area contributed by atoms with Gasteiger partial charge in [0.1, 0.15) is 6.61 Å². The summed E-state index contributed by atoms with van der Waals surface area (Å²) in [5, 5.41) is 23.8. The number of aliphatic hydroxyl groups is 1. The van der Waals surface area contributed by atoms with Gasteiger partial charge < -0.3 is 20.5 Å². The standard InChI is InChI=1S/C21H25Cl2N7O4S/c1-11-17(24)21(10-34-11)5-7-29(8-6-21)20-26-19(35(25,32)33)15(12-3-2-4-13(22)16(12)23)18-28-27-14(9-31)30(18)20/h2-4,11,17,31H,5-10,24H2,1H3,(H2,25,32,33). The minimum atomic E-state index is -4.32. The van der Waals surface area contributed by atoms with E-state index in [0.717, 1.165) is 12.8 Å². The molecule has 2 aliphatic rings. The molecule has 35 heavy (non-hydrogen) atoms. The van der Waals surface area contributed by atoms with E-state index in [0.29, 0.717) is 19.7 Å². The molecule has 188 valence electrons. The average molecular weight is 542 g/mol. The van der Waals surface area contributed by atoms with Crippen molar-refractivity contribution < 1.29 is 18.3 Å². The number of rotatable bonds is 4. The van der Waals surface area contributed by atoms with Gasteiger partial charge in [-0.3, -0.25) is 0 Å². The van der Waals surface area contributed by atoms with Gasteiger partial charge in [0.2, 0.25) is 5.95 Å². The van der Waals surface area contributed by atoms with Crippen LogP contribution in [0.25, 0.3) is 16.8 Å². The van der Waals surface area contributed by atoms with Crippen LogP contribution in [0, 0.1) is 5.41 Å². The highest BCUT2D eigenvalue weighted by Crippen LogP contribution is 2.43.